The van der Waals surface area contributed by atoms with Gasteiger partial charge in [-0.15, -0.1) is 0 Å². The summed E-state index contributed by atoms with van der Waals surface area (Å²) >= 11 is 0. The van der Waals surface area contributed by atoms with Crippen molar-refractivity contribution in [2.45, 2.75) is 13.0 Å². The van der Waals surface area contributed by atoms with Crippen LogP contribution in [0.5, 0.6) is 0 Å². The molecule has 2 rings (SSSR count). The molecule has 1 aliphatic heterocycles. The van der Waals surface area contributed by atoms with E-state index in [2.05, 4.69) is 0 Å². The second-order valence-electron chi connectivity index (χ2n) is 2.99. The van der Waals surface area contributed by atoms with E-state index in [9.17, 15) is 5.11 Å². The molecule has 1 atom stereocenters. The summed E-state index contributed by atoms with van der Waals surface area (Å²) in [5.41, 5.74) is 0.996. The molecule has 0 saturated carbocycles. The third kappa shape index (κ3) is 1.66. The predicted octanol–water partition coefficient (Wildman–Crippen LogP) is 1.32. The van der Waals surface area contributed by atoms with Crippen LogP contribution in [0.1, 0.15) is 18.6 Å². The molecule has 0 spiro atoms. The van der Waals surface area contributed by atoms with Gasteiger partial charge in [0.15, 0.2) is 11.9 Å². The van der Waals surface area contributed by atoms with Gasteiger partial charge in [-0.1, -0.05) is 37.3 Å². The smallest absolute Gasteiger partial charge is 0.182 e. The topological polar surface area (TPSA) is 44.8 Å². The minimum Gasteiger partial charge on any atom is -0.611 e. The predicted molar refractivity (Wildman–Crippen MR) is 48.9 cm³/mol. The lowest BCUT2D eigenvalue weighted by Gasteiger charge is -2.08. The van der Waals surface area contributed by atoms with E-state index in [0.717, 1.165) is 5.56 Å². The Morgan fingerprint density at radius 3 is 2.79 bits per heavy atom. The van der Waals surface area contributed by atoms with Crippen LogP contribution in [0, 0.1) is 0 Å². The van der Waals surface area contributed by atoms with E-state index < -0.39 is 0 Å². The number of hydrogen-bond donors (Lipinski definition) is 0. The quantitative estimate of drug-likeness (QED) is 0.534. The first-order valence-corrected chi connectivity index (χ1v) is 4.58. The summed E-state index contributed by atoms with van der Waals surface area (Å²) < 4.78 is 9.98. The van der Waals surface area contributed by atoms with Gasteiger partial charge in [0.1, 0.15) is 0 Å². The number of rotatable bonds is 3. The molecule has 1 fully saturated rings. The first-order valence-electron chi connectivity index (χ1n) is 4.58. The molecule has 1 heterocycles. The molecule has 0 aliphatic carbocycles. The minimum absolute atomic E-state index is 0.185. The Kier molecular flexibility index (Phi) is 2.31. The molecule has 1 saturated heterocycles. The summed E-state index contributed by atoms with van der Waals surface area (Å²) in [5.74, 6) is 0.0689. The van der Waals surface area contributed by atoms with E-state index >= 15 is 0 Å². The van der Waals surface area contributed by atoms with E-state index in [1.807, 2.05) is 30.3 Å². The van der Waals surface area contributed by atoms with E-state index in [0.29, 0.717) is 12.4 Å². The molecule has 3 heteroatoms. The van der Waals surface area contributed by atoms with Crippen LogP contribution in [-0.2, 0) is 9.47 Å². The molecule has 1 aliphatic rings. The Morgan fingerprint density at radius 2 is 2.14 bits per heavy atom. The van der Waals surface area contributed by atoms with Crippen molar-refractivity contribution in [3.05, 3.63) is 47.6 Å². The lowest BCUT2D eigenvalue weighted by Crippen LogP contribution is -2.07. The molecule has 0 radical (unpaired) electrons. The van der Waals surface area contributed by atoms with Crippen molar-refractivity contribution in [2.75, 3.05) is 6.61 Å². The van der Waals surface area contributed by atoms with Gasteiger partial charge in [-0.05, 0) is 6.61 Å². The first-order chi connectivity index (χ1) is 6.83. The molecule has 0 amide bonds. The highest BCUT2D eigenvalue weighted by Crippen LogP contribution is 2.43. The van der Waals surface area contributed by atoms with Crippen LogP contribution in [0.3, 0.4) is 0 Å². The van der Waals surface area contributed by atoms with Crippen molar-refractivity contribution in [3.63, 3.8) is 0 Å². The summed E-state index contributed by atoms with van der Waals surface area (Å²) in [5, 5.41) is 11.2. The van der Waals surface area contributed by atoms with Gasteiger partial charge in [0.2, 0.25) is 0 Å². The summed E-state index contributed by atoms with van der Waals surface area (Å²) in [6.45, 7) is 2.16. The average Bonchev–Trinajstić information content (AvgIpc) is 2.99. The molecule has 14 heavy (non-hydrogen) atoms. The van der Waals surface area contributed by atoms with Crippen molar-refractivity contribution in [2.24, 2.45) is 0 Å². The SMILES string of the molecule is CCO/C([O-])=C1\O[C@H]1c1ccccc1. The Balaban J connectivity index is 2.09. The molecule has 0 N–H and O–H groups in total. The number of ether oxygens (including phenoxy) is 2. The fraction of sp³-hybridized carbons (Fsp3) is 0.273. The fourth-order valence-corrected chi connectivity index (χ4v) is 1.30. The highest BCUT2D eigenvalue weighted by molar-refractivity contribution is 5.30. The highest BCUT2D eigenvalue weighted by atomic mass is 16.6. The third-order valence-electron chi connectivity index (χ3n) is 2.00. The van der Waals surface area contributed by atoms with Crippen molar-refractivity contribution in [3.8, 4) is 0 Å². The summed E-state index contributed by atoms with van der Waals surface area (Å²) in [7, 11) is 0. The van der Waals surface area contributed by atoms with E-state index in [4.69, 9.17) is 9.47 Å². The molecular weight excluding hydrogens is 180 g/mol. The van der Waals surface area contributed by atoms with Gasteiger partial charge < -0.3 is 14.6 Å². The summed E-state index contributed by atoms with van der Waals surface area (Å²) in [4.78, 5) is 0. The molecule has 0 bridgehead atoms. The summed E-state index contributed by atoms with van der Waals surface area (Å²) in [6.07, 6.45) is -0.185. The largest absolute Gasteiger partial charge is 0.611 e. The van der Waals surface area contributed by atoms with Gasteiger partial charge >= 0.3 is 0 Å². The number of hydrogen-bond acceptors (Lipinski definition) is 3. The highest BCUT2D eigenvalue weighted by Gasteiger charge is 2.35. The second-order valence-corrected chi connectivity index (χ2v) is 2.99. The monoisotopic (exact) mass is 191 g/mol. The van der Waals surface area contributed by atoms with Crippen LogP contribution in [-0.4, -0.2) is 6.61 Å². The number of benzene rings is 1. The Hall–Kier alpha value is -1.64. The van der Waals surface area contributed by atoms with Gasteiger partial charge in [-0.2, -0.15) is 0 Å². The van der Waals surface area contributed by atoms with Gasteiger partial charge in [-0.3, -0.25) is 0 Å². The zero-order valence-corrected chi connectivity index (χ0v) is 7.90. The van der Waals surface area contributed by atoms with Crippen LogP contribution in [0.15, 0.2) is 42.0 Å². The van der Waals surface area contributed by atoms with Gasteiger partial charge in [0, 0.05) is 5.56 Å². The van der Waals surface area contributed by atoms with E-state index in [1.54, 1.807) is 6.92 Å². The van der Waals surface area contributed by atoms with E-state index in [-0.39, 0.29) is 12.0 Å². The zero-order chi connectivity index (χ0) is 9.97. The van der Waals surface area contributed by atoms with E-state index in [1.165, 1.54) is 0 Å². The second kappa shape index (κ2) is 3.62. The maximum absolute atomic E-state index is 11.2. The van der Waals surface area contributed by atoms with Crippen LogP contribution >= 0.6 is 0 Å². The molecule has 3 nitrogen and oxygen atoms in total. The zero-order valence-electron chi connectivity index (χ0n) is 7.90. The normalized spacial score (nSPS) is 22.5. The van der Waals surface area contributed by atoms with Crippen molar-refractivity contribution in [1.82, 2.24) is 0 Å². The maximum atomic E-state index is 11.2. The van der Waals surface area contributed by atoms with Crippen molar-refractivity contribution in [1.29, 1.82) is 0 Å². The maximum Gasteiger partial charge on any atom is 0.182 e. The minimum atomic E-state index is -0.346. The van der Waals surface area contributed by atoms with Gasteiger partial charge in [0.25, 0.3) is 0 Å². The first kappa shape index (κ1) is 8.94. The molecule has 0 aromatic heterocycles. The molecular formula is C11H11O3-. The van der Waals surface area contributed by atoms with Crippen LogP contribution < -0.4 is 5.11 Å². The molecule has 1 aromatic rings. The molecule has 0 unspecified atom stereocenters. The third-order valence-corrected chi connectivity index (χ3v) is 2.00. The van der Waals surface area contributed by atoms with Crippen LogP contribution in [0.4, 0.5) is 0 Å². The lowest BCUT2D eigenvalue weighted by atomic mass is 10.1. The van der Waals surface area contributed by atoms with Crippen molar-refractivity contribution < 1.29 is 14.6 Å². The van der Waals surface area contributed by atoms with Gasteiger partial charge in [0.05, 0.1) is 5.95 Å². The Morgan fingerprint density at radius 1 is 1.43 bits per heavy atom. The standard InChI is InChI=1S/C11H12O3/c1-2-13-11(12)10-9(14-10)8-6-4-3-5-7-8/h3-7,9,12H,2H2,1H3/p-1/b11-10-/t9-/m0/s1. The fourth-order valence-electron chi connectivity index (χ4n) is 1.30. The average molecular weight is 191 g/mol. The molecule has 74 valence electrons. The number of epoxide rings is 1. The van der Waals surface area contributed by atoms with Crippen molar-refractivity contribution >= 4 is 0 Å². The lowest BCUT2D eigenvalue weighted by molar-refractivity contribution is -0.358. The Bertz CT molecular complexity index is 343. The van der Waals surface area contributed by atoms with Gasteiger partial charge in [-0.25, -0.2) is 0 Å². The van der Waals surface area contributed by atoms with Crippen LogP contribution in [0.2, 0.25) is 0 Å². The molecule has 1 aromatic carbocycles. The summed E-state index contributed by atoms with van der Waals surface area (Å²) in [6, 6.07) is 9.61. The Labute approximate surface area is 82.6 Å². The van der Waals surface area contributed by atoms with Crippen LogP contribution in [0.25, 0.3) is 0 Å².